The third-order valence-corrected chi connectivity index (χ3v) is 4.81. The van der Waals surface area contributed by atoms with Crippen molar-refractivity contribution in [3.05, 3.63) is 30.7 Å². The molecule has 1 aliphatic heterocycles. The molecule has 1 saturated heterocycles. The zero-order valence-corrected chi connectivity index (χ0v) is 15.6. The number of nitrogens with one attached hydrogen (secondary N) is 3. The molecule has 0 atom stereocenters. The van der Waals surface area contributed by atoms with E-state index >= 15 is 0 Å². The van der Waals surface area contributed by atoms with Crippen molar-refractivity contribution in [1.82, 2.24) is 29.9 Å². The number of rotatable bonds is 7. The Morgan fingerprint density at radius 3 is 2.70 bits per heavy atom. The summed E-state index contributed by atoms with van der Waals surface area (Å²) in [7, 11) is 0. The fourth-order valence-corrected chi connectivity index (χ4v) is 3.25. The molecular weight excluding hydrogens is 340 g/mol. The highest BCUT2D eigenvalue weighted by atomic mass is 15.3. The number of nitrogens with zero attached hydrogens (tertiary/aromatic N) is 5. The Bertz CT molecular complexity index is 867. The van der Waals surface area contributed by atoms with Crippen LogP contribution >= 0.6 is 0 Å². The first kappa shape index (κ1) is 17.7. The summed E-state index contributed by atoms with van der Waals surface area (Å²) in [6.45, 7) is 5.15. The molecule has 27 heavy (non-hydrogen) atoms. The predicted octanol–water partition coefficient (Wildman–Crippen LogP) is 2.56. The predicted molar refractivity (Wildman–Crippen MR) is 107 cm³/mol. The second-order valence-electron chi connectivity index (χ2n) is 6.88. The lowest BCUT2D eigenvalue weighted by molar-refractivity contribution is 0.477. The van der Waals surface area contributed by atoms with Crippen LogP contribution < -0.4 is 16.0 Å². The molecule has 0 saturated carbocycles. The minimum absolute atomic E-state index is 0.458. The van der Waals surface area contributed by atoms with Crippen molar-refractivity contribution in [2.24, 2.45) is 0 Å². The van der Waals surface area contributed by atoms with Crippen molar-refractivity contribution in [3.63, 3.8) is 0 Å². The normalized spacial score (nSPS) is 15.1. The Hall–Kier alpha value is -2.74. The van der Waals surface area contributed by atoms with Gasteiger partial charge in [0.15, 0.2) is 5.65 Å². The van der Waals surface area contributed by atoms with Crippen LogP contribution in [0.1, 0.15) is 32.6 Å². The zero-order chi connectivity index (χ0) is 18.5. The highest BCUT2D eigenvalue weighted by Gasteiger charge is 2.14. The van der Waals surface area contributed by atoms with E-state index in [0.29, 0.717) is 12.0 Å². The number of aromatic nitrogens is 5. The quantitative estimate of drug-likeness (QED) is 0.554. The van der Waals surface area contributed by atoms with E-state index in [1.54, 1.807) is 0 Å². The molecule has 4 rings (SSSR count). The van der Waals surface area contributed by atoms with E-state index in [1.165, 1.54) is 0 Å². The maximum absolute atomic E-state index is 4.74. The van der Waals surface area contributed by atoms with Gasteiger partial charge in [0.2, 0.25) is 5.95 Å². The summed E-state index contributed by atoms with van der Waals surface area (Å²) < 4.78 is 1.85. The van der Waals surface area contributed by atoms with E-state index in [2.05, 4.69) is 37.8 Å². The number of fused-ring (bicyclic) bond motifs is 1. The van der Waals surface area contributed by atoms with Crippen LogP contribution in [-0.4, -0.2) is 50.2 Å². The van der Waals surface area contributed by atoms with Crippen molar-refractivity contribution in [3.8, 4) is 11.3 Å². The molecule has 0 unspecified atom stereocenters. The van der Waals surface area contributed by atoms with Crippen LogP contribution in [0, 0.1) is 0 Å². The number of hydrogen-bond donors (Lipinski definition) is 3. The third-order valence-electron chi connectivity index (χ3n) is 4.81. The first-order chi connectivity index (χ1) is 13.3. The molecule has 0 radical (unpaired) electrons. The number of hydrogen-bond acceptors (Lipinski definition) is 7. The first-order valence-electron chi connectivity index (χ1n) is 9.72. The van der Waals surface area contributed by atoms with Crippen LogP contribution in [-0.2, 0) is 0 Å². The van der Waals surface area contributed by atoms with Crippen molar-refractivity contribution < 1.29 is 0 Å². The van der Waals surface area contributed by atoms with Crippen LogP contribution in [0.3, 0.4) is 0 Å². The largest absolute Gasteiger partial charge is 0.366 e. The molecule has 3 aromatic heterocycles. The van der Waals surface area contributed by atoms with Crippen LogP contribution in [0.25, 0.3) is 16.9 Å². The molecule has 1 aliphatic rings. The van der Waals surface area contributed by atoms with Gasteiger partial charge in [-0.25, -0.2) is 19.5 Å². The molecular formula is C19H26N8. The lowest BCUT2D eigenvalue weighted by atomic mass is 10.1. The molecule has 0 aliphatic carbocycles. The summed E-state index contributed by atoms with van der Waals surface area (Å²) in [5, 5.41) is 14.9. The van der Waals surface area contributed by atoms with E-state index in [1.807, 2.05) is 35.2 Å². The fourth-order valence-electron chi connectivity index (χ4n) is 3.25. The summed E-state index contributed by atoms with van der Waals surface area (Å²) >= 11 is 0. The Balaban J connectivity index is 1.53. The Morgan fingerprint density at radius 1 is 1.11 bits per heavy atom. The van der Waals surface area contributed by atoms with Crippen molar-refractivity contribution in [1.29, 1.82) is 0 Å². The molecule has 142 valence electrons. The van der Waals surface area contributed by atoms with E-state index in [4.69, 9.17) is 5.10 Å². The maximum atomic E-state index is 4.74. The van der Waals surface area contributed by atoms with Gasteiger partial charge >= 0.3 is 0 Å². The monoisotopic (exact) mass is 366 g/mol. The second kappa shape index (κ2) is 8.30. The van der Waals surface area contributed by atoms with Gasteiger partial charge in [0, 0.05) is 30.5 Å². The van der Waals surface area contributed by atoms with Gasteiger partial charge in [-0.1, -0.05) is 13.3 Å². The van der Waals surface area contributed by atoms with Gasteiger partial charge in [-0.05, 0) is 44.5 Å². The van der Waals surface area contributed by atoms with Gasteiger partial charge in [0.25, 0.3) is 0 Å². The molecule has 1 fully saturated rings. The summed E-state index contributed by atoms with van der Waals surface area (Å²) in [6.07, 6.45) is 9.92. The highest BCUT2D eigenvalue weighted by Crippen LogP contribution is 2.21. The van der Waals surface area contributed by atoms with E-state index < -0.39 is 0 Å². The minimum atomic E-state index is 0.458. The van der Waals surface area contributed by atoms with Crippen molar-refractivity contribution in [2.75, 3.05) is 30.3 Å². The Kier molecular flexibility index (Phi) is 5.43. The highest BCUT2D eigenvalue weighted by molar-refractivity contribution is 5.62. The zero-order valence-electron chi connectivity index (χ0n) is 15.6. The minimum Gasteiger partial charge on any atom is -0.366 e. The number of piperidine rings is 1. The number of anilines is 2. The van der Waals surface area contributed by atoms with Gasteiger partial charge < -0.3 is 16.0 Å². The Morgan fingerprint density at radius 2 is 1.93 bits per heavy atom. The first-order valence-corrected chi connectivity index (χ1v) is 9.72. The van der Waals surface area contributed by atoms with Crippen LogP contribution in [0.4, 0.5) is 11.8 Å². The molecule has 0 bridgehead atoms. The number of unbranched alkanes of at least 4 members (excludes halogenated alkanes) is 1. The van der Waals surface area contributed by atoms with E-state index in [9.17, 15) is 0 Å². The summed E-state index contributed by atoms with van der Waals surface area (Å²) in [5.41, 5.74) is 2.60. The standard InChI is InChI=1S/C19H26N8/c1-2-3-8-21-19-23-11-14(12-24-19)16-13-22-18-5-4-17(26-27(16)18)25-15-6-9-20-10-7-15/h4-5,11-13,15,20H,2-3,6-10H2,1H3,(H,25,26)(H,21,23,24). The topological polar surface area (TPSA) is 92.1 Å². The Labute approximate surface area is 158 Å². The molecule has 4 heterocycles. The van der Waals surface area contributed by atoms with Gasteiger partial charge in [0.05, 0.1) is 11.9 Å². The smallest absolute Gasteiger partial charge is 0.222 e. The lowest BCUT2D eigenvalue weighted by Crippen LogP contribution is -2.35. The summed E-state index contributed by atoms with van der Waals surface area (Å²) in [5.74, 6) is 1.52. The summed E-state index contributed by atoms with van der Waals surface area (Å²) in [4.78, 5) is 13.3. The summed E-state index contributed by atoms with van der Waals surface area (Å²) in [6, 6.07) is 4.44. The van der Waals surface area contributed by atoms with Crippen LogP contribution in [0.15, 0.2) is 30.7 Å². The van der Waals surface area contributed by atoms with Crippen LogP contribution in [0.2, 0.25) is 0 Å². The average Bonchev–Trinajstić information content (AvgIpc) is 3.13. The van der Waals surface area contributed by atoms with Gasteiger partial charge in [-0.3, -0.25) is 0 Å². The van der Waals surface area contributed by atoms with Gasteiger partial charge in [-0.2, -0.15) is 0 Å². The fraction of sp³-hybridized carbons (Fsp3) is 0.474. The molecule has 0 spiro atoms. The average molecular weight is 366 g/mol. The van der Waals surface area contributed by atoms with Crippen molar-refractivity contribution >= 4 is 17.4 Å². The molecule has 8 nitrogen and oxygen atoms in total. The van der Waals surface area contributed by atoms with Crippen LogP contribution in [0.5, 0.6) is 0 Å². The van der Waals surface area contributed by atoms with E-state index in [0.717, 1.165) is 68.0 Å². The maximum Gasteiger partial charge on any atom is 0.222 e. The lowest BCUT2D eigenvalue weighted by Gasteiger charge is -2.24. The van der Waals surface area contributed by atoms with E-state index in [-0.39, 0.29) is 0 Å². The molecule has 3 aromatic rings. The second-order valence-corrected chi connectivity index (χ2v) is 6.88. The molecule has 8 heteroatoms. The molecule has 0 amide bonds. The van der Waals surface area contributed by atoms with Gasteiger partial charge in [0.1, 0.15) is 5.82 Å². The molecule has 3 N–H and O–H groups in total. The SMILES string of the molecule is CCCCNc1ncc(-c2cnc3ccc(NC4CCNCC4)nn23)cn1. The number of imidazole rings is 1. The molecule has 0 aromatic carbocycles. The van der Waals surface area contributed by atoms with Crippen molar-refractivity contribution in [2.45, 2.75) is 38.6 Å². The third kappa shape index (κ3) is 4.16. The van der Waals surface area contributed by atoms with Gasteiger partial charge in [-0.15, -0.1) is 5.10 Å².